The van der Waals surface area contributed by atoms with Gasteiger partial charge in [0, 0.05) is 12.6 Å². The number of ether oxygens (including phenoxy) is 1. The summed E-state index contributed by atoms with van der Waals surface area (Å²) in [4.78, 5) is 0. The molecule has 1 unspecified atom stereocenters. The normalized spacial score (nSPS) is 24.5. The molecule has 1 aliphatic carbocycles. The Labute approximate surface area is 120 Å². The monoisotopic (exact) mass is 270 g/mol. The second kappa shape index (κ2) is 5.46. The lowest BCUT2D eigenvalue weighted by atomic mass is 9.88. The summed E-state index contributed by atoms with van der Waals surface area (Å²) in [5.41, 5.74) is 2.92. The third kappa shape index (κ3) is 2.53. The third-order valence-electron chi connectivity index (χ3n) is 4.75. The Morgan fingerprint density at radius 1 is 1.35 bits per heavy atom. The number of hydrogen-bond donors (Lipinski definition) is 1. The van der Waals surface area contributed by atoms with Gasteiger partial charge in [0.25, 0.3) is 0 Å². The summed E-state index contributed by atoms with van der Waals surface area (Å²) in [6, 6.07) is 8.77. The van der Waals surface area contributed by atoms with Crippen molar-refractivity contribution >= 4 is 5.69 Å². The van der Waals surface area contributed by atoms with Crippen molar-refractivity contribution in [1.29, 1.82) is 5.26 Å². The molecule has 3 heteroatoms. The molecule has 1 aliphatic heterocycles. The molecule has 1 N–H and O–H groups in total. The SMILES string of the molecule is Cc1cccc(NC2CCOC3(CCCC3)C2)c1C#N. The Bertz CT molecular complexity index is 526. The predicted octanol–water partition coefficient (Wildman–Crippen LogP) is 3.77. The first kappa shape index (κ1) is 13.5. The third-order valence-corrected chi connectivity index (χ3v) is 4.75. The van der Waals surface area contributed by atoms with Crippen LogP contribution < -0.4 is 5.32 Å². The average Bonchev–Trinajstić information content (AvgIpc) is 2.87. The zero-order valence-corrected chi connectivity index (χ0v) is 12.1. The number of nitriles is 1. The maximum Gasteiger partial charge on any atom is 0.102 e. The van der Waals surface area contributed by atoms with E-state index in [-0.39, 0.29) is 5.60 Å². The molecule has 1 heterocycles. The van der Waals surface area contributed by atoms with Crippen molar-refractivity contribution in [2.24, 2.45) is 0 Å². The molecule has 1 saturated carbocycles. The second-order valence-corrected chi connectivity index (χ2v) is 6.18. The molecule has 1 atom stereocenters. The van der Waals surface area contributed by atoms with Crippen molar-refractivity contribution in [2.45, 2.75) is 57.1 Å². The lowest BCUT2D eigenvalue weighted by Gasteiger charge is -2.39. The molecule has 0 amide bonds. The standard InChI is InChI=1S/C17H22N2O/c1-13-5-4-6-16(15(13)12-18)19-14-7-10-20-17(11-14)8-2-3-9-17/h4-6,14,19H,2-3,7-11H2,1H3. The first-order valence-electron chi connectivity index (χ1n) is 7.63. The summed E-state index contributed by atoms with van der Waals surface area (Å²) in [5.74, 6) is 0. The van der Waals surface area contributed by atoms with E-state index in [0.29, 0.717) is 6.04 Å². The lowest BCUT2D eigenvalue weighted by molar-refractivity contribution is -0.0767. The van der Waals surface area contributed by atoms with Gasteiger partial charge in [0.15, 0.2) is 0 Å². The minimum Gasteiger partial charge on any atom is -0.381 e. The second-order valence-electron chi connectivity index (χ2n) is 6.18. The van der Waals surface area contributed by atoms with Crippen LogP contribution in [0.1, 0.15) is 49.7 Å². The molecule has 2 aliphatic rings. The van der Waals surface area contributed by atoms with Crippen LogP contribution in [0.25, 0.3) is 0 Å². The molecule has 1 aromatic rings. The van der Waals surface area contributed by atoms with Gasteiger partial charge in [0.05, 0.1) is 16.9 Å². The van der Waals surface area contributed by atoms with Crippen molar-refractivity contribution in [3.63, 3.8) is 0 Å². The summed E-state index contributed by atoms with van der Waals surface area (Å²) in [6.45, 7) is 2.83. The summed E-state index contributed by atoms with van der Waals surface area (Å²) >= 11 is 0. The lowest BCUT2D eigenvalue weighted by Crippen LogP contribution is -2.42. The van der Waals surface area contributed by atoms with Crippen LogP contribution in [0.5, 0.6) is 0 Å². The van der Waals surface area contributed by atoms with E-state index in [0.717, 1.165) is 36.3 Å². The molecule has 20 heavy (non-hydrogen) atoms. The molecule has 0 aromatic heterocycles. The van der Waals surface area contributed by atoms with Crippen LogP contribution in [0.3, 0.4) is 0 Å². The smallest absolute Gasteiger partial charge is 0.102 e. The summed E-state index contributed by atoms with van der Waals surface area (Å²) in [6.07, 6.45) is 7.09. The predicted molar refractivity (Wildman–Crippen MR) is 79.7 cm³/mol. The zero-order chi connectivity index (χ0) is 14.0. The van der Waals surface area contributed by atoms with Crippen molar-refractivity contribution in [2.75, 3.05) is 11.9 Å². The van der Waals surface area contributed by atoms with Gasteiger partial charge < -0.3 is 10.1 Å². The van der Waals surface area contributed by atoms with Crippen LogP contribution in [0, 0.1) is 18.3 Å². The molecule has 0 radical (unpaired) electrons. The molecule has 106 valence electrons. The largest absolute Gasteiger partial charge is 0.381 e. The average molecular weight is 270 g/mol. The van der Waals surface area contributed by atoms with Crippen molar-refractivity contribution in [1.82, 2.24) is 0 Å². The Morgan fingerprint density at radius 3 is 2.90 bits per heavy atom. The van der Waals surface area contributed by atoms with Gasteiger partial charge in [0.2, 0.25) is 0 Å². The van der Waals surface area contributed by atoms with E-state index in [2.05, 4.69) is 11.4 Å². The number of benzene rings is 1. The quantitative estimate of drug-likeness (QED) is 0.889. The van der Waals surface area contributed by atoms with Gasteiger partial charge in [-0.1, -0.05) is 25.0 Å². The molecule has 2 fully saturated rings. The summed E-state index contributed by atoms with van der Waals surface area (Å²) in [5, 5.41) is 12.9. The van der Waals surface area contributed by atoms with Crippen LogP contribution >= 0.6 is 0 Å². The molecule has 1 spiro atoms. The first-order valence-corrected chi connectivity index (χ1v) is 7.63. The molecule has 0 bridgehead atoms. The van der Waals surface area contributed by atoms with Gasteiger partial charge in [-0.25, -0.2) is 0 Å². The number of aryl methyl sites for hydroxylation is 1. The molecule has 1 aromatic carbocycles. The molecule has 1 saturated heterocycles. The molecule has 3 nitrogen and oxygen atoms in total. The summed E-state index contributed by atoms with van der Waals surface area (Å²) in [7, 11) is 0. The van der Waals surface area contributed by atoms with Crippen LogP contribution in [0.15, 0.2) is 18.2 Å². The van der Waals surface area contributed by atoms with Gasteiger partial charge in [0.1, 0.15) is 6.07 Å². The Morgan fingerprint density at radius 2 is 2.15 bits per heavy atom. The first-order chi connectivity index (χ1) is 9.72. The minimum atomic E-state index is 0.118. The van der Waals surface area contributed by atoms with Crippen LogP contribution in [0.2, 0.25) is 0 Å². The Kier molecular flexibility index (Phi) is 3.67. The van der Waals surface area contributed by atoms with Crippen LogP contribution in [-0.2, 0) is 4.74 Å². The molecule has 3 rings (SSSR count). The van der Waals surface area contributed by atoms with E-state index in [1.165, 1.54) is 25.7 Å². The maximum atomic E-state index is 9.32. The maximum absolute atomic E-state index is 9.32. The van der Waals surface area contributed by atoms with E-state index in [1.54, 1.807) is 0 Å². The fourth-order valence-electron chi connectivity index (χ4n) is 3.68. The highest BCUT2D eigenvalue weighted by Gasteiger charge is 2.39. The highest BCUT2D eigenvalue weighted by atomic mass is 16.5. The van der Waals surface area contributed by atoms with E-state index in [4.69, 9.17) is 4.74 Å². The molecular formula is C17H22N2O. The number of nitrogens with zero attached hydrogens (tertiary/aromatic N) is 1. The van der Waals surface area contributed by atoms with Gasteiger partial charge in [-0.05, 0) is 44.2 Å². The van der Waals surface area contributed by atoms with E-state index < -0.39 is 0 Å². The zero-order valence-electron chi connectivity index (χ0n) is 12.1. The topological polar surface area (TPSA) is 45.0 Å². The number of anilines is 1. The Hall–Kier alpha value is -1.53. The van der Waals surface area contributed by atoms with Gasteiger partial charge in [-0.3, -0.25) is 0 Å². The van der Waals surface area contributed by atoms with Gasteiger partial charge in [-0.15, -0.1) is 0 Å². The summed E-state index contributed by atoms with van der Waals surface area (Å²) < 4.78 is 6.07. The highest BCUT2D eigenvalue weighted by molar-refractivity contribution is 5.61. The van der Waals surface area contributed by atoms with Crippen LogP contribution in [-0.4, -0.2) is 18.2 Å². The fourth-order valence-corrected chi connectivity index (χ4v) is 3.68. The van der Waals surface area contributed by atoms with Crippen molar-refractivity contribution in [3.05, 3.63) is 29.3 Å². The van der Waals surface area contributed by atoms with E-state index in [1.807, 2.05) is 25.1 Å². The van der Waals surface area contributed by atoms with Gasteiger partial charge in [-0.2, -0.15) is 5.26 Å². The van der Waals surface area contributed by atoms with Crippen molar-refractivity contribution in [3.8, 4) is 6.07 Å². The van der Waals surface area contributed by atoms with Gasteiger partial charge >= 0.3 is 0 Å². The van der Waals surface area contributed by atoms with Crippen molar-refractivity contribution < 1.29 is 4.74 Å². The van der Waals surface area contributed by atoms with Crippen LogP contribution in [0.4, 0.5) is 5.69 Å². The fraction of sp³-hybridized carbons (Fsp3) is 0.588. The minimum absolute atomic E-state index is 0.118. The molecular weight excluding hydrogens is 248 g/mol. The number of rotatable bonds is 2. The highest BCUT2D eigenvalue weighted by Crippen LogP contribution is 2.40. The number of nitrogens with one attached hydrogen (secondary N) is 1. The number of hydrogen-bond acceptors (Lipinski definition) is 3. The Balaban J connectivity index is 1.75. The van der Waals surface area contributed by atoms with E-state index >= 15 is 0 Å². The van der Waals surface area contributed by atoms with E-state index in [9.17, 15) is 5.26 Å².